The lowest BCUT2D eigenvalue weighted by atomic mass is 9.82. The summed E-state index contributed by atoms with van der Waals surface area (Å²) in [6, 6.07) is 61.2. The number of hydrogen-bond donors (Lipinski definition) is 0. The number of hydrogen-bond acceptors (Lipinski definition) is 2. The van der Waals surface area contributed by atoms with Gasteiger partial charge in [-0.1, -0.05) is 117 Å². The highest BCUT2D eigenvalue weighted by Crippen LogP contribution is 2.51. The maximum absolute atomic E-state index is 2.42. The molecule has 8 rings (SSSR count). The second-order valence-electron chi connectivity index (χ2n) is 12.3. The molecule has 45 heavy (non-hydrogen) atoms. The highest BCUT2D eigenvalue weighted by Gasteiger charge is 2.35. The Hall–Kier alpha value is -5.60. The van der Waals surface area contributed by atoms with Crippen LogP contribution in [0.1, 0.15) is 25.0 Å². The zero-order chi connectivity index (χ0) is 30.4. The Morgan fingerprint density at radius 3 is 1.60 bits per heavy atom. The number of nitrogens with zero attached hydrogens (tertiary/aromatic N) is 2. The third kappa shape index (κ3) is 4.58. The second kappa shape index (κ2) is 10.8. The van der Waals surface area contributed by atoms with Crippen LogP contribution in [0.3, 0.4) is 0 Å². The van der Waals surface area contributed by atoms with E-state index in [1.807, 2.05) is 0 Å². The molecule has 7 aromatic carbocycles. The summed E-state index contributed by atoms with van der Waals surface area (Å²) in [5.41, 5.74) is 12.1. The normalized spacial score (nSPS) is 12.8. The monoisotopic (exact) mass is 578 g/mol. The molecular formula is C43H34N2. The van der Waals surface area contributed by atoms with Crippen LogP contribution >= 0.6 is 0 Å². The van der Waals surface area contributed by atoms with Crippen LogP contribution in [0.4, 0.5) is 34.1 Å². The van der Waals surface area contributed by atoms with Gasteiger partial charge in [0, 0.05) is 39.2 Å². The molecule has 216 valence electrons. The van der Waals surface area contributed by atoms with Gasteiger partial charge in [0.25, 0.3) is 0 Å². The average Bonchev–Trinajstić information content (AvgIpc) is 3.32. The molecule has 7 aromatic rings. The topological polar surface area (TPSA) is 6.48 Å². The lowest BCUT2D eigenvalue weighted by Gasteiger charge is -2.30. The van der Waals surface area contributed by atoms with E-state index in [1.54, 1.807) is 0 Å². The Labute approximate surface area is 265 Å². The first-order chi connectivity index (χ1) is 22.1. The second-order valence-corrected chi connectivity index (χ2v) is 12.3. The zero-order valence-electron chi connectivity index (χ0n) is 25.6. The summed E-state index contributed by atoms with van der Waals surface area (Å²) in [6.07, 6.45) is 0. The van der Waals surface area contributed by atoms with Gasteiger partial charge in [-0.15, -0.1) is 0 Å². The minimum Gasteiger partial charge on any atom is -0.311 e. The van der Waals surface area contributed by atoms with Crippen molar-refractivity contribution in [2.24, 2.45) is 0 Å². The van der Waals surface area contributed by atoms with Gasteiger partial charge in [-0.05, 0) is 94.4 Å². The minimum atomic E-state index is -0.0813. The van der Waals surface area contributed by atoms with Crippen LogP contribution in [-0.2, 0) is 5.41 Å². The molecule has 0 heterocycles. The molecule has 2 nitrogen and oxygen atoms in total. The molecule has 0 aromatic heterocycles. The van der Waals surface area contributed by atoms with E-state index in [-0.39, 0.29) is 5.41 Å². The first kappa shape index (κ1) is 27.0. The first-order valence-corrected chi connectivity index (χ1v) is 15.6. The quantitative estimate of drug-likeness (QED) is 0.194. The molecule has 0 saturated heterocycles. The van der Waals surface area contributed by atoms with Crippen molar-refractivity contribution in [3.63, 3.8) is 0 Å². The maximum Gasteiger partial charge on any atom is 0.0540 e. The fraction of sp³-hybridized carbons (Fsp3) is 0.0698. The van der Waals surface area contributed by atoms with E-state index in [0.717, 1.165) is 34.1 Å². The van der Waals surface area contributed by atoms with E-state index in [9.17, 15) is 0 Å². The van der Waals surface area contributed by atoms with Gasteiger partial charge in [0.1, 0.15) is 0 Å². The molecule has 1 aliphatic carbocycles. The Bertz CT molecular complexity index is 2090. The SMILES string of the molecule is CC1(C)c2ccccc2-c2ccc(N(c3ccc(N(c4ccccc4)c4ccccc4)cc3)c3cccc4ccccc34)cc21. The molecule has 0 radical (unpaired) electrons. The number of para-hydroxylation sites is 2. The van der Waals surface area contributed by atoms with E-state index in [4.69, 9.17) is 0 Å². The van der Waals surface area contributed by atoms with Crippen molar-refractivity contribution >= 4 is 44.9 Å². The Morgan fingerprint density at radius 1 is 0.378 bits per heavy atom. The van der Waals surface area contributed by atoms with Crippen molar-refractivity contribution in [1.29, 1.82) is 0 Å². The van der Waals surface area contributed by atoms with Gasteiger partial charge >= 0.3 is 0 Å². The van der Waals surface area contributed by atoms with Crippen molar-refractivity contribution in [2.45, 2.75) is 19.3 Å². The standard InChI is InChI=1S/C43H34N2/c1-43(2)40-22-12-11-21-38(40)39-29-28-36(30-41(39)43)45(42-23-13-15-31-14-9-10-20-37(31)42)35-26-24-34(25-27-35)44(32-16-5-3-6-17-32)33-18-7-4-8-19-33/h3-30H,1-2H3. The summed E-state index contributed by atoms with van der Waals surface area (Å²) < 4.78 is 0. The third-order valence-electron chi connectivity index (χ3n) is 9.23. The molecule has 0 bridgehead atoms. The van der Waals surface area contributed by atoms with Gasteiger partial charge in [-0.3, -0.25) is 0 Å². The van der Waals surface area contributed by atoms with Crippen LogP contribution in [0.15, 0.2) is 170 Å². The molecule has 0 spiro atoms. The van der Waals surface area contributed by atoms with Crippen LogP contribution in [0.5, 0.6) is 0 Å². The van der Waals surface area contributed by atoms with Crippen molar-refractivity contribution in [2.75, 3.05) is 9.80 Å². The molecular weight excluding hydrogens is 544 g/mol. The molecule has 0 aliphatic heterocycles. The van der Waals surface area contributed by atoms with Crippen molar-refractivity contribution < 1.29 is 0 Å². The van der Waals surface area contributed by atoms with E-state index in [1.165, 1.54) is 33.0 Å². The van der Waals surface area contributed by atoms with Gasteiger partial charge in [-0.25, -0.2) is 0 Å². The molecule has 2 heteroatoms. The first-order valence-electron chi connectivity index (χ1n) is 15.6. The average molecular weight is 579 g/mol. The van der Waals surface area contributed by atoms with Gasteiger partial charge in [0.2, 0.25) is 0 Å². The summed E-state index contributed by atoms with van der Waals surface area (Å²) in [7, 11) is 0. The van der Waals surface area contributed by atoms with E-state index in [2.05, 4.69) is 194 Å². The third-order valence-corrected chi connectivity index (χ3v) is 9.23. The van der Waals surface area contributed by atoms with E-state index in [0.29, 0.717) is 0 Å². The van der Waals surface area contributed by atoms with Crippen LogP contribution < -0.4 is 9.80 Å². The molecule has 0 unspecified atom stereocenters. The highest BCUT2D eigenvalue weighted by molar-refractivity contribution is 5.99. The van der Waals surface area contributed by atoms with Crippen LogP contribution in [0, 0.1) is 0 Å². The van der Waals surface area contributed by atoms with Crippen molar-refractivity contribution in [3.05, 3.63) is 181 Å². The van der Waals surface area contributed by atoms with Gasteiger partial charge < -0.3 is 9.80 Å². The smallest absolute Gasteiger partial charge is 0.0540 e. The molecule has 0 atom stereocenters. The summed E-state index contributed by atoms with van der Waals surface area (Å²) in [5.74, 6) is 0. The lowest BCUT2D eigenvalue weighted by molar-refractivity contribution is 0.660. The summed E-state index contributed by atoms with van der Waals surface area (Å²) in [4.78, 5) is 4.72. The summed E-state index contributed by atoms with van der Waals surface area (Å²) in [6.45, 7) is 4.69. The highest BCUT2D eigenvalue weighted by atomic mass is 15.2. The Kier molecular flexibility index (Phi) is 6.50. The van der Waals surface area contributed by atoms with Gasteiger partial charge in [0.05, 0.1) is 5.69 Å². The predicted molar refractivity (Wildman–Crippen MR) is 191 cm³/mol. The van der Waals surface area contributed by atoms with Crippen molar-refractivity contribution in [3.8, 4) is 11.1 Å². The fourth-order valence-corrected chi connectivity index (χ4v) is 7.01. The molecule has 0 amide bonds. The number of fused-ring (bicyclic) bond motifs is 4. The van der Waals surface area contributed by atoms with Crippen LogP contribution in [0.25, 0.3) is 21.9 Å². The number of anilines is 6. The molecule has 1 aliphatic rings. The largest absolute Gasteiger partial charge is 0.311 e. The summed E-state index contributed by atoms with van der Waals surface area (Å²) >= 11 is 0. The maximum atomic E-state index is 2.42. The molecule has 0 fully saturated rings. The Morgan fingerprint density at radius 2 is 0.889 bits per heavy atom. The lowest BCUT2D eigenvalue weighted by Crippen LogP contribution is -2.16. The van der Waals surface area contributed by atoms with Crippen LogP contribution in [0.2, 0.25) is 0 Å². The van der Waals surface area contributed by atoms with E-state index >= 15 is 0 Å². The zero-order valence-corrected chi connectivity index (χ0v) is 25.6. The minimum absolute atomic E-state index is 0.0813. The van der Waals surface area contributed by atoms with Gasteiger partial charge in [-0.2, -0.15) is 0 Å². The van der Waals surface area contributed by atoms with E-state index < -0.39 is 0 Å². The fourth-order valence-electron chi connectivity index (χ4n) is 7.01. The van der Waals surface area contributed by atoms with Crippen molar-refractivity contribution in [1.82, 2.24) is 0 Å². The number of rotatable bonds is 6. The van der Waals surface area contributed by atoms with Gasteiger partial charge in [0.15, 0.2) is 0 Å². The molecule has 0 saturated carbocycles. The molecule has 0 N–H and O–H groups in total. The summed E-state index contributed by atoms with van der Waals surface area (Å²) in [5, 5.41) is 2.45. The van der Waals surface area contributed by atoms with Crippen LogP contribution in [-0.4, -0.2) is 0 Å². The predicted octanol–water partition coefficient (Wildman–Crippen LogP) is 12.1. The number of benzene rings is 7. The Balaban J connectivity index is 1.29.